The molecule has 0 fully saturated rings. The number of esters is 1. The van der Waals surface area contributed by atoms with Crippen molar-refractivity contribution in [2.75, 3.05) is 27.4 Å². The van der Waals surface area contributed by atoms with Crippen LogP contribution in [0.1, 0.15) is 12.8 Å². The first kappa shape index (κ1) is 9.89. The highest BCUT2D eigenvalue weighted by Crippen LogP contribution is 2.05. The van der Waals surface area contributed by atoms with Gasteiger partial charge >= 0.3 is 5.97 Å². The fourth-order valence-corrected chi connectivity index (χ4v) is 1.26. The fraction of sp³-hybridized carbons (Fsp3) is 0.667. The van der Waals surface area contributed by atoms with Gasteiger partial charge in [0.05, 0.1) is 13.8 Å². The number of hydrogen-bond acceptors (Lipinski definition) is 4. The molecular formula is C9H16N2O2. The molecule has 1 aliphatic heterocycles. The second-order valence-corrected chi connectivity index (χ2v) is 3.19. The number of ether oxygens (including phenoxy) is 1. The van der Waals surface area contributed by atoms with Gasteiger partial charge in [0, 0.05) is 32.4 Å². The Balaban J connectivity index is 2.07. The van der Waals surface area contributed by atoms with Crippen LogP contribution in [0, 0.1) is 0 Å². The van der Waals surface area contributed by atoms with Crippen LogP contribution in [0.3, 0.4) is 0 Å². The third-order valence-corrected chi connectivity index (χ3v) is 1.99. The zero-order valence-corrected chi connectivity index (χ0v) is 8.19. The molecule has 0 radical (unpaired) electrons. The molecule has 0 amide bonds. The summed E-state index contributed by atoms with van der Waals surface area (Å²) in [7, 11) is 3.45. The van der Waals surface area contributed by atoms with E-state index in [4.69, 9.17) is 0 Å². The van der Waals surface area contributed by atoms with Crippen LogP contribution in [0.4, 0.5) is 0 Å². The minimum absolute atomic E-state index is 0.128. The number of nitrogens with zero attached hydrogens (tertiary/aromatic N) is 2. The van der Waals surface area contributed by atoms with Crippen molar-refractivity contribution in [3.8, 4) is 0 Å². The Bertz CT molecular complexity index is 204. The number of carbonyl (C=O) groups is 1. The van der Waals surface area contributed by atoms with Crippen LogP contribution in [0.5, 0.6) is 0 Å². The van der Waals surface area contributed by atoms with Gasteiger partial charge < -0.3 is 14.5 Å². The van der Waals surface area contributed by atoms with Gasteiger partial charge in [0.2, 0.25) is 0 Å². The van der Waals surface area contributed by atoms with Crippen molar-refractivity contribution in [2.24, 2.45) is 0 Å². The van der Waals surface area contributed by atoms with Crippen LogP contribution in [-0.2, 0) is 9.53 Å². The van der Waals surface area contributed by atoms with E-state index in [2.05, 4.69) is 14.5 Å². The minimum atomic E-state index is -0.128. The van der Waals surface area contributed by atoms with Gasteiger partial charge in [0.15, 0.2) is 0 Å². The van der Waals surface area contributed by atoms with Gasteiger partial charge in [-0.05, 0) is 6.42 Å². The first-order chi connectivity index (χ1) is 6.22. The van der Waals surface area contributed by atoms with E-state index in [1.807, 2.05) is 19.4 Å². The van der Waals surface area contributed by atoms with E-state index in [0.717, 1.165) is 19.6 Å². The van der Waals surface area contributed by atoms with Crippen molar-refractivity contribution in [3.05, 3.63) is 12.4 Å². The molecule has 0 N–H and O–H groups in total. The van der Waals surface area contributed by atoms with Crippen LogP contribution in [0.25, 0.3) is 0 Å². The van der Waals surface area contributed by atoms with Crippen LogP contribution in [0.15, 0.2) is 12.4 Å². The topological polar surface area (TPSA) is 32.8 Å². The molecule has 0 atom stereocenters. The lowest BCUT2D eigenvalue weighted by Crippen LogP contribution is -2.23. The van der Waals surface area contributed by atoms with Gasteiger partial charge in [0.25, 0.3) is 0 Å². The molecule has 0 spiro atoms. The minimum Gasteiger partial charge on any atom is -0.469 e. The highest BCUT2D eigenvalue weighted by Gasteiger charge is 2.08. The van der Waals surface area contributed by atoms with Crippen LogP contribution < -0.4 is 0 Å². The van der Waals surface area contributed by atoms with E-state index in [-0.39, 0.29) is 5.97 Å². The molecule has 0 aromatic rings. The third kappa shape index (κ3) is 3.36. The molecule has 0 saturated carbocycles. The molecule has 13 heavy (non-hydrogen) atoms. The lowest BCUT2D eigenvalue weighted by atomic mass is 10.3. The van der Waals surface area contributed by atoms with Crippen molar-refractivity contribution in [1.82, 2.24) is 9.80 Å². The predicted molar refractivity (Wildman–Crippen MR) is 49.7 cm³/mol. The summed E-state index contributed by atoms with van der Waals surface area (Å²) in [5.74, 6) is -0.128. The summed E-state index contributed by atoms with van der Waals surface area (Å²) in [5, 5.41) is 0. The summed E-state index contributed by atoms with van der Waals surface area (Å²) in [6.07, 6.45) is 5.42. The maximum Gasteiger partial charge on any atom is 0.305 e. The third-order valence-electron chi connectivity index (χ3n) is 1.99. The molecule has 1 aliphatic rings. The summed E-state index contributed by atoms with van der Waals surface area (Å²) >= 11 is 0. The molecular weight excluding hydrogens is 168 g/mol. The van der Waals surface area contributed by atoms with Crippen molar-refractivity contribution >= 4 is 5.97 Å². The van der Waals surface area contributed by atoms with Crippen LogP contribution in [-0.4, -0.2) is 43.1 Å². The molecule has 0 saturated heterocycles. The Kier molecular flexibility index (Phi) is 3.61. The van der Waals surface area contributed by atoms with E-state index in [9.17, 15) is 4.79 Å². The summed E-state index contributed by atoms with van der Waals surface area (Å²) < 4.78 is 4.55. The van der Waals surface area contributed by atoms with Gasteiger partial charge in [-0.1, -0.05) is 0 Å². The standard InChI is InChI=1S/C9H16N2O2/c1-10-6-7-11(8-10)5-3-4-9(12)13-2/h6-7H,3-5,8H2,1-2H3. The maximum absolute atomic E-state index is 10.8. The van der Waals surface area contributed by atoms with E-state index in [0.29, 0.717) is 6.42 Å². The zero-order valence-electron chi connectivity index (χ0n) is 8.19. The number of rotatable bonds is 4. The highest BCUT2D eigenvalue weighted by molar-refractivity contribution is 5.69. The van der Waals surface area contributed by atoms with Gasteiger partial charge in [-0.25, -0.2) is 0 Å². The maximum atomic E-state index is 10.8. The monoisotopic (exact) mass is 184 g/mol. The largest absolute Gasteiger partial charge is 0.469 e. The molecule has 0 aromatic heterocycles. The Morgan fingerprint density at radius 2 is 2.31 bits per heavy atom. The zero-order chi connectivity index (χ0) is 9.68. The SMILES string of the molecule is COC(=O)CCCN1C=CN(C)C1. The summed E-state index contributed by atoms with van der Waals surface area (Å²) in [6, 6.07) is 0. The van der Waals surface area contributed by atoms with Gasteiger partial charge in [-0.15, -0.1) is 0 Å². The molecule has 0 bridgehead atoms. The summed E-state index contributed by atoms with van der Waals surface area (Å²) in [5.41, 5.74) is 0. The Morgan fingerprint density at radius 1 is 1.54 bits per heavy atom. The Hall–Kier alpha value is -1.19. The molecule has 4 nitrogen and oxygen atoms in total. The molecule has 0 aliphatic carbocycles. The smallest absolute Gasteiger partial charge is 0.305 e. The number of methoxy groups -OCH3 is 1. The van der Waals surface area contributed by atoms with Crippen molar-refractivity contribution in [1.29, 1.82) is 0 Å². The summed E-state index contributed by atoms with van der Waals surface area (Å²) in [6.45, 7) is 1.83. The molecule has 0 unspecified atom stereocenters. The lowest BCUT2D eigenvalue weighted by molar-refractivity contribution is -0.140. The average molecular weight is 184 g/mol. The second kappa shape index (κ2) is 4.74. The normalized spacial score (nSPS) is 15.2. The van der Waals surface area contributed by atoms with Gasteiger partial charge in [-0.3, -0.25) is 4.79 Å². The quantitative estimate of drug-likeness (QED) is 0.599. The Labute approximate surface area is 78.8 Å². The average Bonchev–Trinajstić information content (AvgIpc) is 2.51. The van der Waals surface area contributed by atoms with Crippen molar-refractivity contribution < 1.29 is 9.53 Å². The van der Waals surface area contributed by atoms with Crippen LogP contribution >= 0.6 is 0 Å². The lowest BCUT2D eigenvalue weighted by Gasteiger charge is -2.17. The molecule has 4 heteroatoms. The number of carbonyl (C=O) groups excluding carboxylic acids is 1. The van der Waals surface area contributed by atoms with E-state index in [1.165, 1.54) is 7.11 Å². The van der Waals surface area contributed by atoms with Gasteiger partial charge in [0.1, 0.15) is 0 Å². The van der Waals surface area contributed by atoms with Crippen LogP contribution in [0.2, 0.25) is 0 Å². The van der Waals surface area contributed by atoms with Crippen molar-refractivity contribution in [2.45, 2.75) is 12.8 Å². The predicted octanol–water partition coefficient (Wildman–Crippen LogP) is 0.616. The molecule has 74 valence electrons. The molecule has 0 aromatic carbocycles. The fourth-order valence-electron chi connectivity index (χ4n) is 1.26. The van der Waals surface area contributed by atoms with E-state index in [1.54, 1.807) is 0 Å². The Morgan fingerprint density at radius 3 is 2.85 bits per heavy atom. The second-order valence-electron chi connectivity index (χ2n) is 3.19. The first-order valence-electron chi connectivity index (χ1n) is 4.42. The number of hydrogen-bond donors (Lipinski definition) is 0. The van der Waals surface area contributed by atoms with E-state index < -0.39 is 0 Å². The van der Waals surface area contributed by atoms with Gasteiger partial charge in [-0.2, -0.15) is 0 Å². The first-order valence-corrected chi connectivity index (χ1v) is 4.42. The molecule has 1 heterocycles. The van der Waals surface area contributed by atoms with E-state index >= 15 is 0 Å². The molecule has 1 rings (SSSR count). The van der Waals surface area contributed by atoms with Crippen molar-refractivity contribution in [3.63, 3.8) is 0 Å². The highest BCUT2D eigenvalue weighted by atomic mass is 16.5. The summed E-state index contributed by atoms with van der Waals surface area (Å²) in [4.78, 5) is 15.0.